The Balaban J connectivity index is 2.05. The lowest BCUT2D eigenvalue weighted by Crippen LogP contribution is -2.46. The fraction of sp³-hybridized carbons (Fsp3) is 0.407. The van der Waals surface area contributed by atoms with Crippen molar-refractivity contribution in [1.82, 2.24) is 5.32 Å². The number of anilines is 1. The number of hydrogen-bond donors (Lipinski definition) is 2. The first kappa shape index (κ1) is 27.6. The average Bonchev–Trinajstić information content (AvgIpc) is 2.82. The number of amides is 2. The van der Waals surface area contributed by atoms with E-state index >= 15 is 0 Å². The van der Waals surface area contributed by atoms with E-state index in [4.69, 9.17) is 9.47 Å². The van der Waals surface area contributed by atoms with Crippen molar-refractivity contribution in [3.63, 3.8) is 0 Å². The number of ketones is 1. The van der Waals surface area contributed by atoms with E-state index in [0.29, 0.717) is 35.6 Å². The van der Waals surface area contributed by atoms with E-state index in [1.807, 2.05) is 13.8 Å². The number of hydrogen-bond acceptors (Lipinski definition) is 6. The number of para-hydroxylation sites is 1. The van der Waals surface area contributed by atoms with Crippen molar-refractivity contribution in [2.24, 2.45) is 5.92 Å². The molecule has 0 radical (unpaired) electrons. The summed E-state index contributed by atoms with van der Waals surface area (Å²) in [4.78, 5) is 50.3. The van der Waals surface area contributed by atoms with Crippen molar-refractivity contribution >= 4 is 29.3 Å². The third-order valence-electron chi connectivity index (χ3n) is 5.23. The van der Waals surface area contributed by atoms with Crippen LogP contribution in [0.2, 0.25) is 0 Å². The van der Waals surface area contributed by atoms with E-state index in [1.165, 1.54) is 6.92 Å². The molecule has 2 rings (SSSR count). The smallest absolute Gasteiger partial charge is 0.329 e. The molecule has 0 aliphatic heterocycles. The number of benzene rings is 2. The third-order valence-corrected chi connectivity index (χ3v) is 5.23. The van der Waals surface area contributed by atoms with Crippen LogP contribution in [0.25, 0.3) is 0 Å². The predicted molar refractivity (Wildman–Crippen MR) is 134 cm³/mol. The average molecular weight is 483 g/mol. The highest BCUT2D eigenvalue weighted by atomic mass is 16.5. The van der Waals surface area contributed by atoms with Gasteiger partial charge in [0, 0.05) is 17.7 Å². The van der Waals surface area contributed by atoms with Gasteiger partial charge in [0.05, 0.1) is 12.2 Å². The van der Waals surface area contributed by atoms with E-state index in [2.05, 4.69) is 10.6 Å². The van der Waals surface area contributed by atoms with E-state index in [9.17, 15) is 19.2 Å². The van der Waals surface area contributed by atoms with Crippen molar-refractivity contribution in [3.8, 4) is 5.75 Å². The summed E-state index contributed by atoms with van der Waals surface area (Å²) in [6, 6.07) is 12.2. The molecule has 188 valence electrons. The molecule has 2 atom stereocenters. The molecule has 2 aromatic carbocycles. The molecule has 0 spiro atoms. The van der Waals surface area contributed by atoms with Crippen LogP contribution in [0.4, 0.5) is 5.69 Å². The Hall–Kier alpha value is -3.68. The van der Waals surface area contributed by atoms with Crippen molar-refractivity contribution in [2.75, 3.05) is 11.9 Å². The minimum atomic E-state index is -1.06. The molecule has 0 aromatic heterocycles. The molecule has 2 aromatic rings. The van der Waals surface area contributed by atoms with E-state index < -0.39 is 24.0 Å². The lowest BCUT2D eigenvalue weighted by Gasteiger charge is -2.23. The summed E-state index contributed by atoms with van der Waals surface area (Å²) >= 11 is 0. The minimum absolute atomic E-state index is 0.0977. The maximum absolute atomic E-state index is 12.9. The molecule has 0 saturated carbocycles. The number of carbonyl (C=O) groups is 4. The van der Waals surface area contributed by atoms with Crippen LogP contribution >= 0.6 is 0 Å². The summed E-state index contributed by atoms with van der Waals surface area (Å²) in [6.45, 7) is 9.17. The Morgan fingerprint density at radius 3 is 2.17 bits per heavy atom. The summed E-state index contributed by atoms with van der Waals surface area (Å²) in [5, 5.41) is 5.46. The predicted octanol–water partition coefficient (Wildman–Crippen LogP) is 4.39. The Morgan fingerprint density at radius 2 is 1.57 bits per heavy atom. The Bertz CT molecular complexity index is 1030. The molecule has 0 bridgehead atoms. The standard InChI is InChI=1S/C27H34N2O6/c1-6-10-23(30)28-20-15-13-19(14-16-20)25(31)18(5)35-27(33)24(17(3)4)29-26(32)21-11-8-9-12-22(21)34-7-2/h8-9,11-18,24H,6-7,10H2,1-5H3,(H,28,30)(H,29,32)/t18?,24-/m0/s1. The molecule has 1 unspecified atom stereocenters. The molecular formula is C27H34N2O6. The van der Waals surface area contributed by atoms with Crippen LogP contribution < -0.4 is 15.4 Å². The largest absolute Gasteiger partial charge is 0.493 e. The third kappa shape index (κ3) is 7.95. The van der Waals surface area contributed by atoms with Gasteiger partial charge in [-0.05, 0) is 62.6 Å². The highest BCUT2D eigenvalue weighted by Gasteiger charge is 2.30. The van der Waals surface area contributed by atoms with E-state index in [0.717, 1.165) is 6.42 Å². The second kappa shape index (κ2) is 13.3. The first-order valence-electron chi connectivity index (χ1n) is 11.8. The van der Waals surface area contributed by atoms with Crippen molar-refractivity contribution < 1.29 is 28.7 Å². The molecule has 0 aliphatic rings. The van der Waals surface area contributed by atoms with Crippen LogP contribution in [-0.4, -0.2) is 42.3 Å². The van der Waals surface area contributed by atoms with Gasteiger partial charge in [-0.3, -0.25) is 14.4 Å². The van der Waals surface area contributed by atoms with Crippen molar-refractivity contribution in [2.45, 2.75) is 59.6 Å². The van der Waals surface area contributed by atoms with Crippen LogP contribution in [0.1, 0.15) is 68.2 Å². The Labute approximate surface area is 206 Å². The summed E-state index contributed by atoms with van der Waals surface area (Å²) in [5.74, 6) is -1.52. The number of nitrogens with one attached hydrogen (secondary N) is 2. The first-order valence-corrected chi connectivity index (χ1v) is 11.8. The first-order chi connectivity index (χ1) is 16.7. The van der Waals surface area contributed by atoms with Gasteiger partial charge in [-0.15, -0.1) is 0 Å². The summed E-state index contributed by atoms with van der Waals surface area (Å²) in [6.07, 6.45) is 0.0949. The Morgan fingerprint density at radius 1 is 0.914 bits per heavy atom. The van der Waals surface area contributed by atoms with Crippen LogP contribution in [0.3, 0.4) is 0 Å². The van der Waals surface area contributed by atoms with Gasteiger partial charge < -0.3 is 20.1 Å². The molecule has 35 heavy (non-hydrogen) atoms. The zero-order valence-corrected chi connectivity index (χ0v) is 20.9. The number of carbonyl (C=O) groups excluding carboxylic acids is 4. The van der Waals surface area contributed by atoms with E-state index in [1.54, 1.807) is 62.4 Å². The number of rotatable bonds is 12. The molecule has 8 nitrogen and oxygen atoms in total. The van der Waals surface area contributed by atoms with Crippen LogP contribution in [-0.2, 0) is 14.3 Å². The lowest BCUT2D eigenvalue weighted by molar-refractivity contribution is -0.149. The van der Waals surface area contributed by atoms with Gasteiger partial charge in [0.25, 0.3) is 5.91 Å². The molecular weight excluding hydrogens is 448 g/mol. The second-order valence-corrected chi connectivity index (χ2v) is 8.44. The van der Waals surface area contributed by atoms with Crippen molar-refractivity contribution in [3.05, 3.63) is 59.7 Å². The van der Waals surface area contributed by atoms with Crippen LogP contribution in [0, 0.1) is 5.92 Å². The quantitative estimate of drug-likeness (QED) is 0.343. The van der Waals surface area contributed by atoms with Gasteiger partial charge in [-0.2, -0.15) is 0 Å². The minimum Gasteiger partial charge on any atom is -0.493 e. The van der Waals surface area contributed by atoms with Gasteiger partial charge in [0.1, 0.15) is 11.8 Å². The molecule has 2 N–H and O–H groups in total. The topological polar surface area (TPSA) is 111 Å². The van der Waals surface area contributed by atoms with Gasteiger partial charge in [0.15, 0.2) is 6.10 Å². The summed E-state index contributed by atoms with van der Waals surface area (Å²) in [5.41, 5.74) is 1.23. The van der Waals surface area contributed by atoms with Crippen LogP contribution in [0.15, 0.2) is 48.5 Å². The van der Waals surface area contributed by atoms with Gasteiger partial charge in [-0.1, -0.05) is 32.9 Å². The summed E-state index contributed by atoms with van der Waals surface area (Å²) < 4.78 is 10.9. The normalized spacial score (nSPS) is 12.4. The van der Waals surface area contributed by atoms with Gasteiger partial charge in [-0.25, -0.2) is 4.79 Å². The lowest BCUT2D eigenvalue weighted by atomic mass is 10.0. The maximum Gasteiger partial charge on any atom is 0.329 e. The molecule has 0 aliphatic carbocycles. The number of Topliss-reactive ketones (excluding diaryl/α,β-unsaturated/α-hetero) is 1. The van der Waals surface area contributed by atoms with Gasteiger partial charge in [0.2, 0.25) is 11.7 Å². The maximum atomic E-state index is 12.9. The highest BCUT2D eigenvalue weighted by molar-refractivity contribution is 6.02. The van der Waals surface area contributed by atoms with Crippen molar-refractivity contribution in [1.29, 1.82) is 0 Å². The number of esters is 1. The molecule has 2 amide bonds. The fourth-order valence-corrected chi connectivity index (χ4v) is 3.36. The van der Waals surface area contributed by atoms with E-state index in [-0.39, 0.29) is 17.6 Å². The highest BCUT2D eigenvalue weighted by Crippen LogP contribution is 2.19. The zero-order valence-electron chi connectivity index (χ0n) is 20.9. The molecule has 0 saturated heterocycles. The fourth-order valence-electron chi connectivity index (χ4n) is 3.36. The van der Waals surface area contributed by atoms with Crippen LogP contribution in [0.5, 0.6) is 5.75 Å². The Kier molecular flexibility index (Phi) is 10.5. The molecule has 0 fully saturated rings. The molecule has 8 heteroatoms. The second-order valence-electron chi connectivity index (χ2n) is 8.44. The summed E-state index contributed by atoms with van der Waals surface area (Å²) in [7, 11) is 0. The SMILES string of the molecule is CCCC(=O)Nc1ccc(C(=O)C(C)OC(=O)[C@@H](NC(=O)c2ccccc2OCC)C(C)C)cc1. The number of ether oxygens (including phenoxy) is 2. The zero-order chi connectivity index (χ0) is 26.0. The van der Waals surface area contributed by atoms with Gasteiger partial charge >= 0.3 is 5.97 Å². The molecule has 0 heterocycles. The monoisotopic (exact) mass is 482 g/mol.